The van der Waals surface area contributed by atoms with E-state index in [9.17, 15) is 34.8 Å². The fraction of sp³-hybridized carbons (Fsp3) is 0.877. The summed E-state index contributed by atoms with van der Waals surface area (Å²) in [6.45, 7) is 3.86. The number of hydrogen-bond donors (Lipinski definition) is 4. The van der Waals surface area contributed by atoms with Crippen molar-refractivity contribution in [3.8, 4) is 0 Å². The molecule has 398 valence electrons. The summed E-state index contributed by atoms with van der Waals surface area (Å²) in [5.74, 6) is -2.43. The average Bonchev–Trinajstić information content (AvgIpc) is 3.32. The van der Waals surface area contributed by atoms with Crippen LogP contribution in [0.25, 0.3) is 0 Å². The van der Waals surface area contributed by atoms with Gasteiger partial charge in [0.15, 0.2) is 18.5 Å². The van der Waals surface area contributed by atoms with Gasteiger partial charge < -0.3 is 39.4 Å². The predicted molar refractivity (Wildman–Crippen MR) is 275 cm³/mol. The second kappa shape index (κ2) is 47.0. The zero-order chi connectivity index (χ0) is 49.6. The number of carbonyl (C=O) groups excluding carboxylic acids is 2. The number of aliphatic carboxylic acids is 1. The Kier molecular flexibility index (Phi) is 44.1. The minimum Gasteiger partial charge on any atom is -0.479 e. The Morgan fingerprint density at radius 3 is 1.22 bits per heavy atom. The number of esters is 2. The Labute approximate surface area is 415 Å². The summed E-state index contributed by atoms with van der Waals surface area (Å²) in [6.07, 6.45) is 46.6. The van der Waals surface area contributed by atoms with E-state index < -0.39 is 54.7 Å². The molecule has 1 fully saturated rings. The van der Waals surface area contributed by atoms with Gasteiger partial charge in [-0.3, -0.25) is 9.59 Å². The normalized spacial score (nSPS) is 19.0. The van der Waals surface area contributed by atoms with E-state index in [0.717, 1.165) is 51.4 Å². The molecule has 0 spiro atoms. The summed E-state index contributed by atoms with van der Waals surface area (Å²) < 4.78 is 21.9. The molecule has 1 heterocycles. The van der Waals surface area contributed by atoms with Gasteiger partial charge in [0.1, 0.15) is 24.9 Å². The first-order valence-corrected chi connectivity index (χ1v) is 28.4. The number of carbonyl (C=O) groups is 3. The molecule has 11 heteroatoms. The van der Waals surface area contributed by atoms with Crippen LogP contribution in [0.4, 0.5) is 0 Å². The van der Waals surface area contributed by atoms with Crippen LogP contribution in [0.15, 0.2) is 24.3 Å². The average molecular weight is 965 g/mol. The topological polar surface area (TPSA) is 169 Å². The molecule has 68 heavy (non-hydrogen) atoms. The van der Waals surface area contributed by atoms with Gasteiger partial charge in [0.25, 0.3) is 0 Å². The third-order valence-corrected chi connectivity index (χ3v) is 13.3. The third kappa shape index (κ3) is 37.5. The second-order valence-corrected chi connectivity index (χ2v) is 19.8. The molecule has 0 aliphatic carbocycles. The smallest absolute Gasteiger partial charge is 0.335 e. The van der Waals surface area contributed by atoms with Gasteiger partial charge in [-0.1, -0.05) is 237 Å². The summed E-state index contributed by atoms with van der Waals surface area (Å²) >= 11 is 0. The maximum absolute atomic E-state index is 12.9. The van der Waals surface area contributed by atoms with Crippen LogP contribution in [-0.4, -0.2) is 88.4 Å². The summed E-state index contributed by atoms with van der Waals surface area (Å²) in [5.41, 5.74) is 0. The van der Waals surface area contributed by atoms with Crippen molar-refractivity contribution in [3.63, 3.8) is 0 Å². The Hall–Kier alpha value is -2.31. The molecule has 1 aliphatic heterocycles. The lowest BCUT2D eigenvalue weighted by Gasteiger charge is -2.38. The first-order valence-electron chi connectivity index (χ1n) is 28.4. The van der Waals surface area contributed by atoms with Crippen molar-refractivity contribution in [1.82, 2.24) is 0 Å². The molecule has 1 aliphatic rings. The zero-order valence-electron chi connectivity index (χ0n) is 43.6. The highest BCUT2D eigenvalue weighted by Gasteiger charge is 2.47. The van der Waals surface area contributed by atoms with E-state index in [0.29, 0.717) is 12.8 Å². The SMILES string of the molecule is CCCCCCC/C=C\C/C=C\CCCCCCCCCCCC(=O)OCC(COC1OC(C(=O)O)C(O)C(O)C1O)OC(=O)CCCCCCCCCCCCCCCCCCCCCCC. The maximum Gasteiger partial charge on any atom is 0.335 e. The van der Waals surface area contributed by atoms with E-state index in [1.807, 2.05) is 0 Å². The number of hydrogen-bond acceptors (Lipinski definition) is 10. The van der Waals surface area contributed by atoms with Crippen LogP contribution in [0.5, 0.6) is 0 Å². The minimum atomic E-state index is -1.86. The van der Waals surface area contributed by atoms with E-state index in [2.05, 4.69) is 38.2 Å². The third-order valence-electron chi connectivity index (χ3n) is 13.3. The van der Waals surface area contributed by atoms with Gasteiger partial charge in [-0.25, -0.2) is 4.79 Å². The van der Waals surface area contributed by atoms with Crippen LogP contribution in [0.1, 0.15) is 271 Å². The quantitative estimate of drug-likeness (QED) is 0.0260. The number of carboxylic acid groups (broad SMARTS) is 1. The van der Waals surface area contributed by atoms with Crippen molar-refractivity contribution in [1.29, 1.82) is 0 Å². The highest BCUT2D eigenvalue weighted by Crippen LogP contribution is 2.23. The van der Waals surface area contributed by atoms with Crippen LogP contribution in [-0.2, 0) is 33.3 Å². The lowest BCUT2D eigenvalue weighted by molar-refractivity contribution is -0.298. The molecule has 0 aromatic carbocycles. The molecule has 1 rings (SSSR count). The standard InChI is InChI=1S/C57H104O11/c1-3-5-7-9-11-13-15-17-19-21-23-25-27-29-31-33-35-37-39-41-43-45-50(58)65-47-49(48-66-57-54(62)52(60)53(61)55(68-57)56(63)64)67-51(59)46-44-42-40-38-36-34-32-30-28-26-24-22-20-18-16-14-12-10-8-6-4-2/h15,17,21,23,49,52-55,57,60-62H,3-14,16,18-20,22,24-48H2,1-2H3,(H,63,64)/b17-15-,23-21-. The molecule has 0 amide bonds. The Bertz CT molecular complexity index is 1220. The van der Waals surface area contributed by atoms with Gasteiger partial charge in [-0.2, -0.15) is 0 Å². The summed E-state index contributed by atoms with van der Waals surface area (Å²) in [5, 5.41) is 40.0. The molecule has 0 bridgehead atoms. The molecular formula is C57H104O11. The van der Waals surface area contributed by atoms with Gasteiger partial charge in [0.2, 0.25) is 0 Å². The lowest BCUT2D eigenvalue weighted by Crippen LogP contribution is -2.60. The molecule has 6 unspecified atom stereocenters. The Morgan fingerprint density at radius 1 is 0.456 bits per heavy atom. The molecule has 4 N–H and O–H groups in total. The van der Waals surface area contributed by atoms with Crippen molar-refractivity contribution < 1.29 is 53.8 Å². The first kappa shape index (κ1) is 63.7. The van der Waals surface area contributed by atoms with Crippen molar-refractivity contribution in [2.24, 2.45) is 0 Å². The van der Waals surface area contributed by atoms with Gasteiger partial charge in [-0.15, -0.1) is 0 Å². The largest absolute Gasteiger partial charge is 0.479 e. The maximum atomic E-state index is 12.9. The summed E-state index contributed by atoms with van der Waals surface area (Å²) in [7, 11) is 0. The van der Waals surface area contributed by atoms with Crippen molar-refractivity contribution >= 4 is 17.9 Å². The number of aliphatic hydroxyl groups excluding tert-OH is 3. The monoisotopic (exact) mass is 965 g/mol. The Morgan fingerprint density at radius 2 is 0.824 bits per heavy atom. The highest BCUT2D eigenvalue weighted by atomic mass is 16.7. The summed E-state index contributed by atoms with van der Waals surface area (Å²) in [6, 6.07) is 0. The fourth-order valence-corrected chi connectivity index (χ4v) is 8.85. The number of unbranched alkanes of at least 4 members (excludes halogenated alkanes) is 34. The van der Waals surface area contributed by atoms with E-state index in [-0.39, 0.29) is 26.1 Å². The Balaban J connectivity index is 2.24. The van der Waals surface area contributed by atoms with Crippen LogP contribution >= 0.6 is 0 Å². The molecule has 0 aromatic rings. The van der Waals surface area contributed by atoms with Crippen molar-refractivity contribution in [2.75, 3.05) is 13.2 Å². The van der Waals surface area contributed by atoms with Gasteiger partial charge >= 0.3 is 17.9 Å². The van der Waals surface area contributed by atoms with Gasteiger partial charge in [0.05, 0.1) is 6.61 Å². The minimum absolute atomic E-state index is 0.187. The molecule has 11 nitrogen and oxygen atoms in total. The highest BCUT2D eigenvalue weighted by molar-refractivity contribution is 5.73. The molecule has 6 atom stereocenters. The van der Waals surface area contributed by atoms with Gasteiger partial charge in [0, 0.05) is 12.8 Å². The van der Waals surface area contributed by atoms with E-state index in [1.54, 1.807) is 0 Å². The van der Waals surface area contributed by atoms with Crippen LogP contribution in [0, 0.1) is 0 Å². The lowest BCUT2D eigenvalue weighted by atomic mass is 9.99. The van der Waals surface area contributed by atoms with Crippen molar-refractivity contribution in [2.45, 2.75) is 307 Å². The fourth-order valence-electron chi connectivity index (χ4n) is 8.85. The second-order valence-electron chi connectivity index (χ2n) is 19.8. The number of ether oxygens (including phenoxy) is 4. The number of carboxylic acids is 1. The zero-order valence-corrected chi connectivity index (χ0v) is 43.6. The molecule has 0 saturated carbocycles. The first-order chi connectivity index (χ1) is 33.2. The summed E-state index contributed by atoms with van der Waals surface area (Å²) in [4.78, 5) is 37.1. The molecule has 0 aromatic heterocycles. The number of rotatable bonds is 49. The van der Waals surface area contributed by atoms with Gasteiger partial charge in [-0.05, 0) is 44.9 Å². The number of allylic oxidation sites excluding steroid dienone is 4. The number of aliphatic hydroxyl groups is 3. The molecule has 0 radical (unpaired) electrons. The van der Waals surface area contributed by atoms with Crippen LogP contribution in [0.3, 0.4) is 0 Å². The van der Waals surface area contributed by atoms with E-state index >= 15 is 0 Å². The van der Waals surface area contributed by atoms with Crippen LogP contribution in [0.2, 0.25) is 0 Å². The molecule has 1 saturated heterocycles. The predicted octanol–water partition coefficient (Wildman–Crippen LogP) is 14.1. The van der Waals surface area contributed by atoms with E-state index in [1.165, 1.54) is 180 Å². The molecular weight excluding hydrogens is 861 g/mol. The van der Waals surface area contributed by atoms with Crippen LogP contribution < -0.4 is 0 Å². The van der Waals surface area contributed by atoms with Crippen molar-refractivity contribution in [3.05, 3.63) is 24.3 Å². The van der Waals surface area contributed by atoms with E-state index in [4.69, 9.17) is 18.9 Å².